The summed E-state index contributed by atoms with van der Waals surface area (Å²) in [5, 5.41) is 0. The van der Waals surface area contributed by atoms with Gasteiger partial charge in [0.05, 0.1) is 5.69 Å². The molecule has 1 fully saturated rings. The first-order valence-electron chi connectivity index (χ1n) is 5.16. The molecule has 0 radical (unpaired) electrons. The van der Waals surface area contributed by atoms with Crippen LogP contribution >= 0.6 is 0 Å². The highest BCUT2D eigenvalue weighted by atomic mass is 19.2. The number of halogens is 2. The van der Waals surface area contributed by atoms with E-state index in [1.807, 2.05) is 7.05 Å². The van der Waals surface area contributed by atoms with E-state index in [9.17, 15) is 8.78 Å². The number of hydrogen-bond acceptors (Lipinski definition) is 3. The zero-order valence-electron chi connectivity index (χ0n) is 9.04. The molecule has 1 aliphatic heterocycles. The van der Waals surface area contributed by atoms with Crippen molar-refractivity contribution in [3.63, 3.8) is 0 Å². The Balaban J connectivity index is 2.18. The minimum Gasteiger partial charge on any atom is -0.484 e. The molecule has 1 atom stereocenters. The van der Waals surface area contributed by atoms with Crippen LogP contribution < -0.4 is 10.5 Å². The van der Waals surface area contributed by atoms with Gasteiger partial charge in [-0.1, -0.05) is 0 Å². The molecule has 0 bridgehead atoms. The summed E-state index contributed by atoms with van der Waals surface area (Å²) in [5.41, 5.74) is 5.69. The molecule has 1 unspecified atom stereocenters. The number of likely N-dealkylation sites (tertiary alicyclic amines) is 1. The Hall–Kier alpha value is -1.36. The maximum Gasteiger partial charge on any atom is 0.202 e. The Morgan fingerprint density at radius 2 is 2.19 bits per heavy atom. The van der Waals surface area contributed by atoms with Gasteiger partial charge in [-0.25, -0.2) is 4.39 Å². The van der Waals surface area contributed by atoms with Gasteiger partial charge < -0.3 is 15.4 Å². The van der Waals surface area contributed by atoms with Crippen molar-refractivity contribution in [2.24, 2.45) is 0 Å². The van der Waals surface area contributed by atoms with E-state index in [2.05, 4.69) is 4.90 Å². The largest absolute Gasteiger partial charge is 0.484 e. The first kappa shape index (κ1) is 11.1. The molecule has 5 heteroatoms. The average molecular weight is 228 g/mol. The molecule has 1 aliphatic rings. The highest BCUT2D eigenvalue weighted by Gasteiger charge is 2.24. The fourth-order valence-corrected chi connectivity index (χ4v) is 1.82. The van der Waals surface area contributed by atoms with Crippen LogP contribution in [0.2, 0.25) is 0 Å². The van der Waals surface area contributed by atoms with Gasteiger partial charge in [-0.3, -0.25) is 0 Å². The third kappa shape index (κ3) is 2.09. The molecule has 2 N–H and O–H groups in total. The molecule has 88 valence electrons. The molecule has 1 heterocycles. The van der Waals surface area contributed by atoms with Gasteiger partial charge >= 0.3 is 0 Å². The number of hydrogen-bond donors (Lipinski definition) is 1. The van der Waals surface area contributed by atoms with E-state index in [1.54, 1.807) is 0 Å². The molecular formula is C11H14F2N2O. The molecule has 0 amide bonds. The second kappa shape index (κ2) is 4.25. The molecule has 0 spiro atoms. The van der Waals surface area contributed by atoms with E-state index in [-0.39, 0.29) is 17.5 Å². The monoisotopic (exact) mass is 228 g/mol. The standard InChI is InChI=1S/C11H14F2N2O/c1-15-5-4-7(6-15)16-11-9(14)3-2-8(12)10(11)13/h2-3,7H,4-6,14H2,1H3. The van der Waals surface area contributed by atoms with E-state index >= 15 is 0 Å². The summed E-state index contributed by atoms with van der Waals surface area (Å²) in [7, 11) is 1.95. The Bertz CT molecular complexity index is 398. The Labute approximate surface area is 92.8 Å². The van der Waals surface area contributed by atoms with Gasteiger partial charge in [-0.05, 0) is 25.6 Å². The maximum atomic E-state index is 13.4. The van der Waals surface area contributed by atoms with Crippen LogP contribution in [0.4, 0.5) is 14.5 Å². The summed E-state index contributed by atoms with van der Waals surface area (Å²) in [4.78, 5) is 2.07. The van der Waals surface area contributed by atoms with Gasteiger partial charge in [0.2, 0.25) is 5.82 Å². The van der Waals surface area contributed by atoms with Crippen molar-refractivity contribution in [3.05, 3.63) is 23.8 Å². The lowest BCUT2D eigenvalue weighted by Crippen LogP contribution is -2.22. The predicted octanol–water partition coefficient (Wildman–Crippen LogP) is 1.63. The van der Waals surface area contributed by atoms with Crippen molar-refractivity contribution in [1.29, 1.82) is 0 Å². The van der Waals surface area contributed by atoms with Gasteiger partial charge in [-0.2, -0.15) is 4.39 Å². The minimum atomic E-state index is -1.01. The summed E-state index contributed by atoms with van der Waals surface area (Å²) in [6.07, 6.45) is 0.676. The number of likely N-dealkylation sites (N-methyl/N-ethyl adjacent to an activating group) is 1. The van der Waals surface area contributed by atoms with Crippen LogP contribution in [-0.2, 0) is 0 Å². The van der Waals surface area contributed by atoms with Crippen LogP contribution in [0.15, 0.2) is 12.1 Å². The minimum absolute atomic E-state index is 0.122. The Morgan fingerprint density at radius 1 is 1.44 bits per heavy atom. The normalized spacial score (nSPS) is 21.3. The third-order valence-corrected chi connectivity index (χ3v) is 2.71. The molecule has 0 aromatic heterocycles. The summed E-state index contributed by atoms with van der Waals surface area (Å²) >= 11 is 0. The summed E-state index contributed by atoms with van der Waals surface area (Å²) in [5.74, 6) is -2.11. The molecule has 1 aromatic carbocycles. The van der Waals surface area contributed by atoms with Crippen LogP contribution in [0.3, 0.4) is 0 Å². The number of nitrogens with two attached hydrogens (primary N) is 1. The number of nitrogens with zero attached hydrogens (tertiary/aromatic N) is 1. The van der Waals surface area contributed by atoms with Crippen molar-refractivity contribution in [3.8, 4) is 5.75 Å². The van der Waals surface area contributed by atoms with E-state index in [4.69, 9.17) is 10.5 Å². The van der Waals surface area contributed by atoms with Gasteiger partial charge in [0, 0.05) is 13.1 Å². The first-order chi connectivity index (χ1) is 7.58. The van der Waals surface area contributed by atoms with E-state index in [0.717, 1.165) is 19.0 Å². The van der Waals surface area contributed by atoms with Crippen molar-refractivity contribution in [2.75, 3.05) is 25.9 Å². The zero-order valence-corrected chi connectivity index (χ0v) is 9.04. The van der Waals surface area contributed by atoms with E-state index in [0.29, 0.717) is 6.54 Å². The third-order valence-electron chi connectivity index (χ3n) is 2.71. The first-order valence-corrected chi connectivity index (χ1v) is 5.16. The van der Waals surface area contributed by atoms with E-state index in [1.165, 1.54) is 6.07 Å². The fourth-order valence-electron chi connectivity index (χ4n) is 1.82. The number of ether oxygens (including phenoxy) is 1. The lowest BCUT2D eigenvalue weighted by molar-refractivity contribution is 0.198. The lowest BCUT2D eigenvalue weighted by Gasteiger charge is -2.16. The van der Waals surface area contributed by atoms with Gasteiger partial charge in [0.25, 0.3) is 0 Å². The van der Waals surface area contributed by atoms with Gasteiger partial charge in [0.15, 0.2) is 11.6 Å². The maximum absolute atomic E-state index is 13.4. The van der Waals surface area contributed by atoms with Crippen LogP contribution in [-0.4, -0.2) is 31.1 Å². The number of benzene rings is 1. The highest BCUT2D eigenvalue weighted by Crippen LogP contribution is 2.29. The van der Waals surface area contributed by atoms with Crippen LogP contribution in [0.1, 0.15) is 6.42 Å². The molecule has 3 nitrogen and oxygen atoms in total. The Morgan fingerprint density at radius 3 is 2.81 bits per heavy atom. The van der Waals surface area contributed by atoms with Crippen molar-refractivity contribution < 1.29 is 13.5 Å². The van der Waals surface area contributed by atoms with Gasteiger partial charge in [-0.15, -0.1) is 0 Å². The SMILES string of the molecule is CN1CCC(Oc2c(N)ccc(F)c2F)C1. The predicted molar refractivity (Wildman–Crippen MR) is 57.3 cm³/mol. The van der Waals surface area contributed by atoms with Crippen molar-refractivity contribution in [1.82, 2.24) is 4.90 Å². The second-order valence-electron chi connectivity index (χ2n) is 4.07. The van der Waals surface area contributed by atoms with Crippen LogP contribution in [0, 0.1) is 11.6 Å². The quantitative estimate of drug-likeness (QED) is 0.782. The molecule has 16 heavy (non-hydrogen) atoms. The van der Waals surface area contributed by atoms with Crippen LogP contribution in [0.5, 0.6) is 5.75 Å². The lowest BCUT2D eigenvalue weighted by atomic mass is 10.2. The smallest absolute Gasteiger partial charge is 0.202 e. The second-order valence-corrected chi connectivity index (χ2v) is 4.07. The molecule has 2 rings (SSSR count). The summed E-state index contributed by atoms with van der Waals surface area (Å²) < 4.78 is 31.8. The summed E-state index contributed by atoms with van der Waals surface area (Å²) in [6.45, 7) is 1.59. The molecule has 1 aromatic rings. The molecule has 0 aliphatic carbocycles. The molecule has 1 saturated heterocycles. The molecular weight excluding hydrogens is 214 g/mol. The number of anilines is 1. The average Bonchev–Trinajstić information content (AvgIpc) is 2.65. The number of rotatable bonds is 2. The molecule has 0 saturated carbocycles. The van der Waals surface area contributed by atoms with Crippen molar-refractivity contribution in [2.45, 2.75) is 12.5 Å². The fraction of sp³-hybridized carbons (Fsp3) is 0.455. The Kier molecular flexibility index (Phi) is 2.96. The summed E-state index contributed by atoms with van der Waals surface area (Å²) in [6, 6.07) is 2.31. The van der Waals surface area contributed by atoms with E-state index < -0.39 is 11.6 Å². The van der Waals surface area contributed by atoms with Crippen molar-refractivity contribution >= 4 is 5.69 Å². The zero-order chi connectivity index (χ0) is 11.7. The van der Waals surface area contributed by atoms with Crippen LogP contribution in [0.25, 0.3) is 0 Å². The topological polar surface area (TPSA) is 38.5 Å². The highest BCUT2D eigenvalue weighted by molar-refractivity contribution is 5.53. The number of nitrogen functional groups attached to an aromatic ring is 1. The van der Waals surface area contributed by atoms with Gasteiger partial charge in [0.1, 0.15) is 6.10 Å².